The predicted molar refractivity (Wildman–Crippen MR) is 108 cm³/mol. The molecule has 25 heavy (non-hydrogen) atoms. The van der Waals surface area contributed by atoms with Crippen molar-refractivity contribution in [3.63, 3.8) is 0 Å². The van der Waals surface area contributed by atoms with Crippen LogP contribution in [0, 0.1) is 0 Å². The van der Waals surface area contributed by atoms with Crippen LogP contribution in [0.5, 0.6) is 5.75 Å². The molecule has 4 nitrogen and oxygen atoms in total. The molecule has 0 bridgehead atoms. The number of aromatic hydroxyl groups is 1. The molecular weight excluding hydrogens is 470 g/mol. The zero-order chi connectivity index (χ0) is 18.0. The molecule has 0 aliphatic heterocycles. The third-order valence-electron chi connectivity index (χ3n) is 4.00. The summed E-state index contributed by atoms with van der Waals surface area (Å²) in [7, 11) is 0. The van der Waals surface area contributed by atoms with Crippen molar-refractivity contribution in [2.45, 2.75) is 32.6 Å². The van der Waals surface area contributed by atoms with Crippen LogP contribution in [-0.2, 0) is 17.6 Å². The van der Waals surface area contributed by atoms with Crippen LogP contribution in [0.1, 0.15) is 46.1 Å². The number of nitrogens with zero attached hydrogens (tertiary/aromatic N) is 1. The Labute approximate surface area is 167 Å². The molecular formula is C18H17Br2NO3S. The van der Waals surface area contributed by atoms with Gasteiger partial charge in [0, 0.05) is 11.1 Å². The maximum Gasteiger partial charge on any atom is 0.341 e. The SMILES string of the molecule is CCOC(=O)c1c(/N=C\c2cc(Br)c(O)c(Br)c2)sc2c1CCCC2. The quantitative estimate of drug-likeness (QED) is 0.439. The molecule has 0 saturated heterocycles. The van der Waals surface area contributed by atoms with Gasteiger partial charge in [-0.3, -0.25) is 0 Å². The molecule has 1 N–H and O–H groups in total. The number of thiophene rings is 1. The summed E-state index contributed by atoms with van der Waals surface area (Å²) < 4.78 is 6.41. The van der Waals surface area contributed by atoms with Crippen LogP contribution in [0.3, 0.4) is 0 Å². The van der Waals surface area contributed by atoms with Gasteiger partial charge >= 0.3 is 5.97 Å². The van der Waals surface area contributed by atoms with Crippen LogP contribution >= 0.6 is 43.2 Å². The number of carbonyl (C=O) groups excluding carboxylic acids is 1. The Morgan fingerprint density at radius 1 is 1.32 bits per heavy atom. The highest BCUT2D eigenvalue weighted by Gasteiger charge is 2.26. The van der Waals surface area contributed by atoms with Crippen LogP contribution in [0.2, 0.25) is 0 Å². The molecule has 1 aromatic carbocycles. The fourth-order valence-electron chi connectivity index (χ4n) is 2.85. The molecule has 2 aromatic rings. The zero-order valence-electron chi connectivity index (χ0n) is 13.6. The van der Waals surface area contributed by atoms with Gasteiger partial charge in [-0.1, -0.05) is 0 Å². The van der Waals surface area contributed by atoms with E-state index >= 15 is 0 Å². The number of phenols is 1. The van der Waals surface area contributed by atoms with Crippen molar-refractivity contribution in [3.05, 3.63) is 42.6 Å². The molecule has 1 aliphatic carbocycles. The molecule has 132 valence electrons. The van der Waals surface area contributed by atoms with Crippen molar-refractivity contribution in [3.8, 4) is 5.75 Å². The predicted octanol–water partition coefficient (Wildman–Crippen LogP) is 5.78. The minimum Gasteiger partial charge on any atom is -0.506 e. The molecule has 1 heterocycles. The minimum absolute atomic E-state index is 0.149. The van der Waals surface area contributed by atoms with E-state index in [-0.39, 0.29) is 11.7 Å². The average molecular weight is 487 g/mol. The van der Waals surface area contributed by atoms with Gasteiger partial charge in [0.1, 0.15) is 10.8 Å². The second kappa shape index (κ2) is 8.01. The van der Waals surface area contributed by atoms with Gasteiger partial charge in [0.2, 0.25) is 0 Å². The molecule has 0 fully saturated rings. The van der Waals surface area contributed by atoms with Crippen molar-refractivity contribution >= 4 is 60.4 Å². The number of carbonyl (C=O) groups is 1. The highest BCUT2D eigenvalue weighted by atomic mass is 79.9. The maximum atomic E-state index is 12.4. The normalized spacial score (nSPS) is 13.9. The first-order valence-electron chi connectivity index (χ1n) is 8.05. The van der Waals surface area contributed by atoms with Gasteiger partial charge in [-0.25, -0.2) is 9.79 Å². The smallest absolute Gasteiger partial charge is 0.341 e. The van der Waals surface area contributed by atoms with Gasteiger partial charge in [0.25, 0.3) is 0 Å². The van der Waals surface area contributed by atoms with Crippen LogP contribution < -0.4 is 0 Å². The number of phenolic OH excluding ortho intramolecular Hbond substituents is 1. The summed E-state index contributed by atoms with van der Waals surface area (Å²) >= 11 is 8.20. The summed E-state index contributed by atoms with van der Waals surface area (Å²) in [5, 5.41) is 10.5. The lowest BCUT2D eigenvalue weighted by atomic mass is 9.95. The second-order valence-corrected chi connectivity index (χ2v) is 8.50. The van der Waals surface area contributed by atoms with Gasteiger partial charge in [-0.15, -0.1) is 11.3 Å². The highest BCUT2D eigenvalue weighted by molar-refractivity contribution is 9.11. The minimum atomic E-state index is -0.290. The Morgan fingerprint density at radius 3 is 2.68 bits per heavy atom. The van der Waals surface area contributed by atoms with Gasteiger partial charge in [0.05, 0.1) is 21.1 Å². The summed E-state index contributed by atoms with van der Waals surface area (Å²) in [5.74, 6) is -0.141. The first-order chi connectivity index (χ1) is 12.0. The Bertz CT molecular complexity index is 822. The molecule has 0 saturated carbocycles. The van der Waals surface area contributed by atoms with Gasteiger partial charge in [-0.05, 0) is 87.7 Å². The largest absolute Gasteiger partial charge is 0.506 e. The van der Waals surface area contributed by atoms with Gasteiger partial charge < -0.3 is 9.84 Å². The van der Waals surface area contributed by atoms with Crippen LogP contribution in [0.25, 0.3) is 0 Å². The second-order valence-electron chi connectivity index (χ2n) is 5.70. The summed E-state index contributed by atoms with van der Waals surface area (Å²) in [6.07, 6.45) is 5.85. The molecule has 0 unspecified atom stereocenters. The third-order valence-corrected chi connectivity index (χ3v) is 6.41. The van der Waals surface area contributed by atoms with E-state index in [1.807, 2.05) is 6.92 Å². The number of fused-ring (bicyclic) bond motifs is 1. The number of halogens is 2. The molecule has 0 atom stereocenters. The molecule has 3 rings (SSSR count). The first-order valence-corrected chi connectivity index (χ1v) is 10.4. The van der Waals surface area contributed by atoms with E-state index in [9.17, 15) is 9.90 Å². The zero-order valence-corrected chi connectivity index (χ0v) is 17.6. The standard InChI is InChI=1S/C18H17Br2NO3S/c1-2-24-18(23)15-11-5-3-4-6-14(11)25-17(15)21-9-10-7-12(19)16(22)13(20)8-10/h7-9,22H,2-6H2,1H3/b21-9-. The van der Waals surface area contributed by atoms with E-state index in [0.717, 1.165) is 36.8 Å². The van der Waals surface area contributed by atoms with Crippen molar-refractivity contribution in [1.29, 1.82) is 0 Å². The van der Waals surface area contributed by atoms with Crippen molar-refractivity contribution in [1.82, 2.24) is 0 Å². The van der Waals surface area contributed by atoms with E-state index in [4.69, 9.17) is 4.74 Å². The molecule has 1 aliphatic rings. The Hall–Kier alpha value is -1.18. The van der Waals surface area contributed by atoms with E-state index in [1.165, 1.54) is 4.88 Å². The molecule has 7 heteroatoms. The van der Waals surface area contributed by atoms with Crippen LogP contribution in [0.15, 0.2) is 26.1 Å². The number of benzene rings is 1. The van der Waals surface area contributed by atoms with E-state index in [2.05, 4.69) is 36.9 Å². The highest BCUT2D eigenvalue weighted by Crippen LogP contribution is 2.40. The Morgan fingerprint density at radius 2 is 2.00 bits per heavy atom. The van der Waals surface area contributed by atoms with Gasteiger partial charge in [0.15, 0.2) is 0 Å². The lowest BCUT2D eigenvalue weighted by Crippen LogP contribution is -2.09. The van der Waals surface area contributed by atoms with Crippen molar-refractivity contribution in [2.24, 2.45) is 4.99 Å². The number of aliphatic imine (C=N–C) groups is 1. The van der Waals surface area contributed by atoms with Crippen molar-refractivity contribution in [2.75, 3.05) is 6.61 Å². The number of hydrogen-bond acceptors (Lipinski definition) is 5. The van der Waals surface area contributed by atoms with E-state index in [0.29, 0.717) is 26.1 Å². The summed E-state index contributed by atoms with van der Waals surface area (Å²) in [6.45, 7) is 2.16. The summed E-state index contributed by atoms with van der Waals surface area (Å²) in [6, 6.07) is 3.56. The Balaban J connectivity index is 1.99. The molecule has 0 amide bonds. The molecule has 0 spiro atoms. The fraction of sp³-hybridized carbons (Fsp3) is 0.333. The van der Waals surface area contributed by atoms with Crippen molar-refractivity contribution < 1.29 is 14.6 Å². The molecule has 0 radical (unpaired) electrons. The van der Waals surface area contributed by atoms with Crippen LogP contribution in [0.4, 0.5) is 5.00 Å². The number of ether oxygens (including phenoxy) is 1. The topological polar surface area (TPSA) is 58.9 Å². The number of aryl methyl sites for hydroxylation is 1. The monoisotopic (exact) mass is 485 g/mol. The molecule has 1 aromatic heterocycles. The number of hydrogen-bond donors (Lipinski definition) is 1. The lowest BCUT2D eigenvalue weighted by molar-refractivity contribution is 0.0526. The average Bonchev–Trinajstić information content (AvgIpc) is 2.96. The first kappa shape index (κ1) is 18.6. The Kier molecular flexibility index (Phi) is 5.96. The fourth-order valence-corrected chi connectivity index (χ4v) is 5.29. The summed E-state index contributed by atoms with van der Waals surface area (Å²) in [4.78, 5) is 18.2. The number of rotatable bonds is 4. The van der Waals surface area contributed by atoms with Crippen LogP contribution in [-0.4, -0.2) is 23.9 Å². The van der Waals surface area contributed by atoms with E-state index < -0.39 is 0 Å². The summed E-state index contributed by atoms with van der Waals surface area (Å²) in [5.41, 5.74) is 2.54. The number of esters is 1. The van der Waals surface area contributed by atoms with Gasteiger partial charge in [-0.2, -0.15) is 0 Å². The third kappa shape index (κ3) is 3.99. The maximum absolute atomic E-state index is 12.4. The lowest BCUT2D eigenvalue weighted by Gasteiger charge is -2.11. The van der Waals surface area contributed by atoms with E-state index in [1.54, 1.807) is 29.7 Å².